The molecular weight excluding hydrogens is 454 g/mol. The Hall–Kier alpha value is -3.66. The van der Waals surface area contributed by atoms with Crippen LogP contribution in [0.1, 0.15) is 15.9 Å². The molecule has 1 amide bonds. The van der Waals surface area contributed by atoms with Gasteiger partial charge in [-0.05, 0) is 23.8 Å². The number of hydrogen-bond acceptors (Lipinski definition) is 5. The highest BCUT2D eigenvalue weighted by Crippen LogP contribution is 2.37. The van der Waals surface area contributed by atoms with E-state index in [0.717, 1.165) is 28.8 Å². The number of anilines is 2. The molecule has 0 fully saturated rings. The normalized spacial score (nSPS) is 11.1. The molecule has 0 aliphatic heterocycles. The molecular formula is C23H22F2N2O5S. The van der Waals surface area contributed by atoms with Crippen molar-refractivity contribution in [3.05, 3.63) is 83.4 Å². The van der Waals surface area contributed by atoms with E-state index in [4.69, 9.17) is 9.47 Å². The molecule has 0 aliphatic rings. The quantitative estimate of drug-likeness (QED) is 0.527. The minimum absolute atomic E-state index is 0.0201. The lowest BCUT2D eigenvalue weighted by Gasteiger charge is -2.26. The third-order valence-corrected chi connectivity index (χ3v) is 5.89. The first-order valence-electron chi connectivity index (χ1n) is 9.68. The topological polar surface area (TPSA) is 84.9 Å². The van der Waals surface area contributed by atoms with E-state index in [0.29, 0.717) is 5.56 Å². The van der Waals surface area contributed by atoms with Crippen LogP contribution in [0.2, 0.25) is 0 Å². The molecule has 0 heterocycles. The standard InChI is InChI=1S/C23H22F2N2O5S/c1-31-21-12-17(23(28)26-19-11-16(24)9-10-18(19)25)20(13-22(21)32-2)27(33(3,29)30)14-15-7-5-4-6-8-15/h4-13H,14H2,1-3H3,(H,26,28). The molecule has 0 radical (unpaired) electrons. The fourth-order valence-electron chi connectivity index (χ4n) is 3.17. The summed E-state index contributed by atoms with van der Waals surface area (Å²) in [5.41, 5.74) is 0.112. The highest BCUT2D eigenvalue weighted by atomic mass is 32.2. The zero-order valence-electron chi connectivity index (χ0n) is 18.1. The Morgan fingerprint density at radius 1 is 0.970 bits per heavy atom. The van der Waals surface area contributed by atoms with Crippen LogP contribution >= 0.6 is 0 Å². The molecule has 0 aliphatic carbocycles. The molecule has 7 nitrogen and oxygen atoms in total. The summed E-state index contributed by atoms with van der Waals surface area (Å²) in [7, 11) is -1.16. The van der Waals surface area contributed by atoms with Gasteiger partial charge >= 0.3 is 0 Å². The van der Waals surface area contributed by atoms with E-state index < -0.39 is 33.3 Å². The highest BCUT2D eigenvalue weighted by molar-refractivity contribution is 7.92. The molecule has 0 saturated heterocycles. The summed E-state index contributed by atoms with van der Waals surface area (Å²) < 4.78 is 64.7. The summed E-state index contributed by atoms with van der Waals surface area (Å²) in [5.74, 6) is -2.13. The Labute approximate surface area is 190 Å². The Kier molecular flexibility index (Phi) is 7.17. The first kappa shape index (κ1) is 24.0. The summed E-state index contributed by atoms with van der Waals surface area (Å²) in [6, 6.07) is 14.0. The van der Waals surface area contributed by atoms with Gasteiger partial charge in [0.05, 0.1) is 44.0 Å². The van der Waals surface area contributed by atoms with Crippen molar-refractivity contribution in [3.63, 3.8) is 0 Å². The van der Waals surface area contributed by atoms with Crippen LogP contribution in [0.4, 0.5) is 20.2 Å². The Morgan fingerprint density at radius 2 is 1.61 bits per heavy atom. The lowest BCUT2D eigenvalue weighted by atomic mass is 10.1. The van der Waals surface area contributed by atoms with Gasteiger partial charge in [-0.25, -0.2) is 17.2 Å². The van der Waals surface area contributed by atoms with Crippen LogP contribution in [0.3, 0.4) is 0 Å². The number of amides is 1. The smallest absolute Gasteiger partial charge is 0.258 e. The molecule has 3 rings (SSSR count). The summed E-state index contributed by atoms with van der Waals surface area (Å²) >= 11 is 0. The van der Waals surface area contributed by atoms with Gasteiger partial charge in [0.15, 0.2) is 11.5 Å². The number of carbonyl (C=O) groups is 1. The molecule has 10 heteroatoms. The summed E-state index contributed by atoms with van der Waals surface area (Å²) in [6.07, 6.45) is 1.00. The molecule has 0 saturated carbocycles. The van der Waals surface area contributed by atoms with Crippen molar-refractivity contribution < 1.29 is 31.5 Å². The average Bonchev–Trinajstić information content (AvgIpc) is 2.79. The summed E-state index contributed by atoms with van der Waals surface area (Å²) in [6.45, 7) is -0.0796. The molecule has 0 spiro atoms. The lowest BCUT2D eigenvalue weighted by molar-refractivity contribution is 0.102. The number of sulfonamides is 1. The highest BCUT2D eigenvalue weighted by Gasteiger charge is 2.27. The zero-order chi connectivity index (χ0) is 24.2. The molecule has 3 aromatic rings. The van der Waals surface area contributed by atoms with E-state index in [9.17, 15) is 22.0 Å². The maximum absolute atomic E-state index is 14.1. The third kappa shape index (κ3) is 5.58. The Bertz CT molecular complexity index is 1270. The number of carbonyl (C=O) groups excluding carboxylic acids is 1. The van der Waals surface area contributed by atoms with E-state index in [1.54, 1.807) is 30.3 Å². The van der Waals surface area contributed by atoms with Gasteiger partial charge in [0.2, 0.25) is 10.0 Å². The zero-order valence-corrected chi connectivity index (χ0v) is 18.9. The van der Waals surface area contributed by atoms with E-state index in [-0.39, 0.29) is 29.3 Å². The van der Waals surface area contributed by atoms with E-state index in [1.807, 2.05) is 0 Å². The van der Waals surface area contributed by atoms with Crippen LogP contribution in [0.25, 0.3) is 0 Å². The second-order valence-corrected chi connectivity index (χ2v) is 8.96. The van der Waals surface area contributed by atoms with Crippen molar-refractivity contribution in [2.75, 3.05) is 30.1 Å². The predicted octanol–water partition coefficient (Wildman–Crippen LogP) is 4.20. The van der Waals surface area contributed by atoms with Crippen molar-refractivity contribution in [2.24, 2.45) is 0 Å². The number of nitrogens with zero attached hydrogens (tertiary/aromatic N) is 1. The van der Waals surface area contributed by atoms with Crippen LogP contribution in [0.5, 0.6) is 11.5 Å². The van der Waals surface area contributed by atoms with Gasteiger partial charge in [-0.3, -0.25) is 9.10 Å². The van der Waals surface area contributed by atoms with Crippen LogP contribution in [0.15, 0.2) is 60.7 Å². The fraction of sp³-hybridized carbons (Fsp3) is 0.174. The number of hydrogen-bond donors (Lipinski definition) is 1. The number of methoxy groups -OCH3 is 2. The second kappa shape index (κ2) is 9.86. The van der Waals surface area contributed by atoms with Gasteiger partial charge < -0.3 is 14.8 Å². The SMILES string of the molecule is COc1cc(C(=O)Nc2cc(F)ccc2F)c(N(Cc2ccccc2)S(C)(=O)=O)cc1OC. The van der Waals surface area contributed by atoms with E-state index in [2.05, 4.69) is 5.32 Å². The number of ether oxygens (including phenoxy) is 2. The largest absolute Gasteiger partial charge is 0.493 e. The Morgan fingerprint density at radius 3 is 2.21 bits per heavy atom. The molecule has 3 aromatic carbocycles. The fourth-order valence-corrected chi connectivity index (χ4v) is 4.06. The monoisotopic (exact) mass is 476 g/mol. The molecule has 0 unspecified atom stereocenters. The van der Waals surface area contributed by atoms with Crippen LogP contribution < -0.4 is 19.1 Å². The van der Waals surface area contributed by atoms with E-state index >= 15 is 0 Å². The second-order valence-electron chi connectivity index (χ2n) is 7.06. The molecule has 174 valence electrons. The molecule has 33 heavy (non-hydrogen) atoms. The molecule has 0 bridgehead atoms. The number of rotatable bonds is 8. The van der Waals surface area contributed by atoms with Gasteiger partial charge in [0.1, 0.15) is 11.6 Å². The number of benzene rings is 3. The van der Waals surface area contributed by atoms with Crippen LogP contribution in [0, 0.1) is 11.6 Å². The number of halogens is 2. The van der Waals surface area contributed by atoms with Gasteiger partial charge in [-0.1, -0.05) is 30.3 Å². The minimum atomic E-state index is -3.88. The first-order valence-corrected chi connectivity index (χ1v) is 11.5. The van der Waals surface area contributed by atoms with Crippen molar-refractivity contribution in [3.8, 4) is 11.5 Å². The first-order chi connectivity index (χ1) is 15.6. The van der Waals surface area contributed by atoms with Gasteiger partial charge in [0.25, 0.3) is 5.91 Å². The number of nitrogens with one attached hydrogen (secondary N) is 1. The predicted molar refractivity (Wildman–Crippen MR) is 121 cm³/mol. The minimum Gasteiger partial charge on any atom is -0.493 e. The lowest BCUT2D eigenvalue weighted by Crippen LogP contribution is -2.31. The van der Waals surface area contributed by atoms with Gasteiger partial charge in [-0.2, -0.15) is 0 Å². The maximum atomic E-state index is 14.1. The molecule has 1 N–H and O–H groups in total. The molecule has 0 atom stereocenters. The summed E-state index contributed by atoms with van der Waals surface area (Å²) in [4.78, 5) is 13.1. The van der Waals surface area contributed by atoms with Crippen molar-refractivity contribution in [1.29, 1.82) is 0 Å². The van der Waals surface area contributed by atoms with Crippen molar-refractivity contribution in [1.82, 2.24) is 0 Å². The summed E-state index contributed by atoms with van der Waals surface area (Å²) in [5, 5.41) is 2.29. The van der Waals surface area contributed by atoms with Crippen LogP contribution in [-0.2, 0) is 16.6 Å². The average molecular weight is 477 g/mol. The van der Waals surface area contributed by atoms with Crippen molar-refractivity contribution in [2.45, 2.75) is 6.54 Å². The maximum Gasteiger partial charge on any atom is 0.258 e. The van der Waals surface area contributed by atoms with Gasteiger partial charge in [-0.15, -0.1) is 0 Å². The molecule has 0 aromatic heterocycles. The third-order valence-electron chi connectivity index (χ3n) is 4.76. The van der Waals surface area contributed by atoms with Crippen LogP contribution in [-0.4, -0.2) is 34.8 Å². The van der Waals surface area contributed by atoms with Crippen molar-refractivity contribution >= 4 is 27.3 Å². The van der Waals surface area contributed by atoms with E-state index in [1.165, 1.54) is 26.4 Å². The Balaban J connectivity index is 2.15. The van der Waals surface area contributed by atoms with Gasteiger partial charge in [0, 0.05) is 12.1 Å².